The highest BCUT2D eigenvalue weighted by molar-refractivity contribution is 7.98. The average molecular weight is 467 g/mol. The molecule has 1 aliphatic heterocycles. The van der Waals surface area contributed by atoms with Crippen LogP contribution in [-0.4, -0.2) is 38.1 Å². The summed E-state index contributed by atoms with van der Waals surface area (Å²) in [6.07, 6.45) is 3.63. The van der Waals surface area contributed by atoms with Crippen molar-refractivity contribution < 1.29 is 4.42 Å². The molecule has 2 aromatic heterocycles. The molecule has 0 radical (unpaired) electrons. The van der Waals surface area contributed by atoms with E-state index in [9.17, 15) is 0 Å². The van der Waals surface area contributed by atoms with Gasteiger partial charge in [0, 0.05) is 23.7 Å². The number of anilines is 1. The lowest BCUT2D eigenvalue weighted by Gasteiger charge is -2.27. The molecule has 4 aromatic rings. The standard InChI is InChI=1S/C23H23ClN6OS/c1-16-5-11-19(12-6-16)30-22(29-13-3-2-4-14-29)27-28-23(30)32-15-20-25-26-21(31-20)17-7-9-18(24)10-8-17/h5-12H,2-4,13-15H2,1H3. The number of aryl methyl sites for hydroxylation is 1. The lowest BCUT2D eigenvalue weighted by Crippen LogP contribution is -2.31. The lowest BCUT2D eigenvalue weighted by molar-refractivity contribution is 0.528. The fourth-order valence-corrected chi connectivity index (χ4v) is 4.63. The van der Waals surface area contributed by atoms with Gasteiger partial charge in [0.05, 0.1) is 11.4 Å². The van der Waals surface area contributed by atoms with Crippen LogP contribution in [0.2, 0.25) is 5.02 Å². The third kappa shape index (κ3) is 4.52. The second-order valence-corrected chi connectivity index (χ2v) is 9.18. The van der Waals surface area contributed by atoms with Crippen LogP contribution in [0.4, 0.5) is 5.95 Å². The molecule has 1 saturated heterocycles. The first-order chi connectivity index (χ1) is 15.7. The number of benzene rings is 2. The topological polar surface area (TPSA) is 72.9 Å². The SMILES string of the molecule is Cc1ccc(-n2c(SCc3nnc(-c4ccc(Cl)cc4)o3)nnc2N2CCCCC2)cc1. The van der Waals surface area contributed by atoms with E-state index >= 15 is 0 Å². The number of rotatable bonds is 6. The zero-order valence-corrected chi connectivity index (χ0v) is 19.3. The summed E-state index contributed by atoms with van der Waals surface area (Å²) < 4.78 is 7.99. The summed E-state index contributed by atoms with van der Waals surface area (Å²) >= 11 is 7.51. The Balaban J connectivity index is 1.39. The molecule has 1 aliphatic rings. The summed E-state index contributed by atoms with van der Waals surface area (Å²) in [5, 5.41) is 18.9. The Morgan fingerprint density at radius 2 is 1.66 bits per heavy atom. The van der Waals surface area contributed by atoms with E-state index in [-0.39, 0.29) is 0 Å². The van der Waals surface area contributed by atoms with E-state index in [1.165, 1.54) is 24.8 Å². The Kier molecular flexibility index (Phi) is 6.14. The van der Waals surface area contributed by atoms with Gasteiger partial charge in [-0.1, -0.05) is 41.1 Å². The maximum Gasteiger partial charge on any atom is 0.247 e. The number of hydrogen-bond acceptors (Lipinski definition) is 7. The summed E-state index contributed by atoms with van der Waals surface area (Å²) in [6.45, 7) is 4.09. The first-order valence-corrected chi connectivity index (χ1v) is 12.0. The van der Waals surface area contributed by atoms with Crippen LogP contribution in [0.25, 0.3) is 17.1 Å². The molecule has 164 valence electrons. The average Bonchev–Trinajstić information content (AvgIpc) is 3.47. The Labute approximate surface area is 195 Å². The highest BCUT2D eigenvalue weighted by atomic mass is 35.5. The zero-order chi connectivity index (χ0) is 21.9. The van der Waals surface area contributed by atoms with Gasteiger partial charge in [0.15, 0.2) is 5.16 Å². The Morgan fingerprint density at radius 1 is 0.906 bits per heavy atom. The fraction of sp³-hybridized carbons (Fsp3) is 0.304. The Bertz CT molecular complexity index is 1180. The molecule has 0 bridgehead atoms. The highest BCUT2D eigenvalue weighted by Gasteiger charge is 2.22. The van der Waals surface area contributed by atoms with Gasteiger partial charge in [-0.2, -0.15) is 0 Å². The van der Waals surface area contributed by atoms with Crippen molar-refractivity contribution in [2.24, 2.45) is 0 Å². The van der Waals surface area contributed by atoms with E-state index in [4.69, 9.17) is 16.0 Å². The van der Waals surface area contributed by atoms with Crippen LogP contribution in [0.5, 0.6) is 0 Å². The summed E-state index contributed by atoms with van der Waals surface area (Å²) in [7, 11) is 0. The van der Waals surface area contributed by atoms with Gasteiger partial charge in [0.2, 0.25) is 17.7 Å². The Hall–Kier alpha value is -2.84. The van der Waals surface area contributed by atoms with Crippen LogP contribution in [0.15, 0.2) is 58.1 Å². The molecule has 0 unspecified atom stereocenters. The fourth-order valence-electron chi connectivity index (χ4n) is 3.72. The predicted octanol–water partition coefficient (Wildman–Crippen LogP) is 5.56. The van der Waals surface area contributed by atoms with Gasteiger partial charge in [0.1, 0.15) is 0 Å². The number of thioether (sulfide) groups is 1. The van der Waals surface area contributed by atoms with Crippen molar-refractivity contribution in [1.29, 1.82) is 0 Å². The number of nitrogens with zero attached hydrogens (tertiary/aromatic N) is 6. The van der Waals surface area contributed by atoms with Gasteiger partial charge < -0.3 is 9.32 Å². The zero-order valence-electron chi connectivity index (χ0n) is 17.7. The van der Waals surface area contributed by atoms with Crippen LogP contribution < -0.4 is 4.90 Å². The molecule has 7 nitrogen and oxygen atoms in total. The van der Waals surface area contributed by atoms with Crippen LogP contribution in [0.1, 0.15) is 30.7 Å². The third-order valence-corrected chi connectivity index (χ3v) is 6.60. The molecular formula is C23H23ClN6OS. The Morgan fingerprint density at radius 3 is 2.41 bits per heavy atom. The van der Waals surface area contributed by atoms with Crippen molar-refractivity contribution in [2.45, 2.75) is 37.1 Å². The number of aromatic nitrogens is 5. The molecule has 0 saturated carbocycles. The minimum Gasteiger partial charge on any atom is -0.420 e. The minimum atomic E-state index is 0.478. The second-order valence-electron chi connectivity index (χ2n) is 7.80. The van der Waals surface area contributed by atoms with E-state index in [0.717, 1.165) is 35.4 Å². The number of hydrogen-bond donors (Lipinski definition) is 0. The van der Waals surface area contributed by atoms with Crippen molar-refractivity contribution in [3.63, 3.8) is 0 Å². The molecule has 9 heteroatoms. The molecule has 0 aliphatic carbocycles. The van der Waals surface area contributed by atoms with Crippen LogP contribution >= 0.6 is 23.4 Å². The summed E-state index contributed by atoms with van der Waals surface area (Å²) in [5.41, 5.74) is 3.11. The number of piperidine rings is 1. The molecule has 0 N–H and O–H groups in total. The summed E-state index contributed by atoms with van der Waals surface area (Å²) in [5.74, 6) is 2.41. The predicted molar refractivity (Wildman–Crippen MR) is 126 cm³/mol. The smallest absolute Gasteiger partial charge is 0.247 e. The molecule has 5 rings (SSSR count). The van der Waals surface area contributed by atoms with Gasteiger partial charge in [-0.25, -0.2) is 0 Å². The third-order valence-electron chi connectivity index (χ3n) is 5.43. The minimum absolute atomic E-state index is 0.478. The van der Waals surface area contributed by atoms with Crippen LogP contribution in [0.3, 0.4) is 0 Å². The first kappa shape index (κ1) is 21.0. The van der Waals surface area contributed by atoms with Crippen molar-refractivity contribution >= 4 is 29.3 Å². The van der Waals surface area contributed by atoms with E-state index in [0.29, 0.717) is 22.6 Å². The first-order valence-electron chi connectivity index (χ1n) is 10.7. The second kappa shape index (κ2) is 9.34. The normalized spacial score (nSPS) is 14.1. The highest BCUT2D eigenvalue weighted by Crippen LogP contribution is 2.30. The van der Waals surface area contributed by atoms with Crippen molar-refractivity contribution in [3.8, 4) is 17.1 Å². The summed E-state index contributed by atoms with van der Waals surface area (Å²) in [6, 6.07) is 15.8. The van der Waals surface area contributed by atoms with E-state index < -0.39 is 0 Å². The monoisotopic (exact) mass is 466 g/mol. The van der Waals surface area contributed by atoms with Crippen molar-refractivity contribution in [2.75, 3.05) is 18.0 Å². The number of halogens is 1. The van der Waals surface area contributed by atoms with E-state index in [2.05, 4.69) is 61.1 Å². The van der Waals surface area contributed by atoms with Crippen molar-refractivity contribution in [3.05, 3.63) is 65.0 Å². The maximum atomic E-state index is 5.97. The molecule has 2 aromatic carbocycles. The van der Waals surface area contributed by atoms with Gasteiger partial charge in [-0.3, -0.25) is 4.57 Å². The van der Waals surface area contributed by atoms with Crippen LogP contribution in [-0.2, 0) is 5.75 Å². The molecule has 0 spiro atoms. The van der Waals surface area contributed by atoms with E-state index in [1.54, 1.807) is 11.8 Å². The van der Waals surface area contributed by atoms with Gasteiger partial charge in [-0.15, -0.1) is 20.4 Å². The van der Waals surface area contributed by atoms with Gasteiger partial charge in [-0.05, 0) is 62.6 Å². The molecule has 32 heavy (non-hydrogen) atoms. The quantitative estimate of drug-likeness (QED) is 0.344. The van der Waals surface area contributed by atoms with Gasteiger partial charge in [0.25, 0.3) is 0 Å². The molecule has 0 amide bonds. The lowest BCUT2D eigenvalue weighted by atomic mass is 10.1. The summed E-state index contributed by atoms with van der Waals surface area (Å²) in [4.78, 5) is 2.33. The molecule has 0 atom stereocenters. The van der Waals surface area contributed by atoms with E-state index in [1.807, 2.05) is 24.3 Å². The van der Waals surface area contributed by atoms with Gasteiger partial charge >= 0.3 is 0 Å². The van der Waals surface area contributed by atoms with Crippen LogP contribution in [0, 0.1) is 6.92 Å². The molecule has 3 heterocycles. The maximum absolute atomic E-state index is 5.97. The largest absolute Gasteiger partial charge is 0.420 e. The molecule has 1 fully saturated rings. The molecular weight excluding hydrogens is 444 g/mol. The van der Waals surface area contributed by atoms with Crippen molar-refractivity contribution in [1.82, 2.24) is 25.0 Å².